The van der Waals surface area contributed by atoms with Gasteiger partial charge in [-0.05, 0) is 5.56 Å². The van der Waals surface area contributed by atoms with E-state index in [1.807, 2.05) is 42.5 Å². The van der Waals surface area contributed by atoms with Gasteiger partial charge in [0.15, 0.2) is 0 Å². The third-order valence-corrected chi connectivity index (χ3v) is 11.9. The normalized spacial score (nSPS) is 17.6. The summed E-state index contributed by atoms with van der Waals surface area (Å²) in [6.45, 7) is 11.9. The first kappa shape index (κ1) is 23.3. The van der Waals surface area contributed by atoms with Gasteiger partial charge in [-0.1, -0.05) is 30.3 Å². The van der Waals surface area contributed by atoms with Crippen molar-refractivity contribution in [2.75, 3.05) is 5.32 Å². The Bertz CT molecular complexity index is 898. The van der Waals surface area contributed by atoms with Gasteiger partial charge >= 0.3 is 145 Å². The van der Waals surface area contributed by atoms with Crippen LogP contribution in [-0.4, -0.2) is 20.5 Å². The van der Waals surface area contributed by atoms with Gasteiger partial charge < -0.3 is 0 Å². The van der Waals surface area contributed by atoms with Crippen LogP contribution in [0.15, 0.2) is 60.7 Å². The number of nitrogens with one attached hydrogen (secondary N) is 1. The molecular weight excluding hydrogens is 402 g/mol. The molecule has 1 amide bonds. The standard InChI is InChI=1S/C26H36NO3Si/c1-26(2,3)31(4,5)30-24-17-13-22(14-18-24)21-11-15-23(16-12-21)27-25(28)29-19-20-9-7-6-8-10-20/h6-13,15-16,24,31H,14,17-19H2,1-5H3,(H,27,28)/q-1. The van der Waals surface area contributed by atoms with Crippen molar-refractivity contribution in [3.8, 4) is 0 Å². The Hall–Kier alpha value is -2.37. The molecule has 1 atom stereocenters. The summed E-state index contributed by atoms with van der Waals surface area (Å²) in [7, 11) is -2.04. The zero-order valence-corrected chi connectivity index (χ0v) is 20.6. The van der Waals surface area contributed by atoms with Crippen LogP contribution in [-0.2, 0) is 15.8 Å². The summed E-state index contributed by atoms with van der Waals surface area (Å²) in [4.78, 5) is 12.0. The SMILES string of the molecule is CC(C)(C)[SiH-](C)(C)OC1CC=C(c2ccc(NC(=O)OCc3ccccc3)cc2)CC1. The predicted molar refractivity (Wildman–Crippen MR) is 132 cm³/mol. The molecule has 5 heteroatoms. The third kappa shape index (κ3) is 6.55. The van der Waals surface area contributed by atoms with Crippen molar-refractivity contribution < 1.29 is 14.0 Å². The number of benzene rings is 2. The molecule has 0 spiro atoms. The molecule has 168 valence electrons. The van der Waals surface area contributed by atoms with E-state index in [4.69, 9.17) is 9.16 Å². The summed E-state index contributed by atoms with van der Waals surface area (Å²) in [5, 5.41) is 3.06. The molecule has 31 heavy (non-hydrogen) atoms. The van der Waals surface area contributed by atoms with Crippen molar-refractivity contribution in [2.24, 2.45) is 0 Å². The topological polar surface area (TPSA) is 47.6 Å². The molecule has 1 aliphatic carbocycles. The molecule has 0 radical (unpaired) electrons. The summed E-state index contributed by atoms with van der Waals surface area (Å²) >= 11 is 0. The van der Waals surface area contributed by atoms with Crippen molar-refractivity contribution in [1.82, 2.24) is 0 Å². The molecule has 3 rings (SSSR count). The first-order valence-corrected chi connectivity index (χ1v) is 14.7. The van der Waals surface area contributed by atoms with E-state index in [0.717, 1.165) is 30.5 Å². The Kier molecular flexibility index (Phi) is 7.39. The summed E-state index contributed by atoms with van der Waals surface area (Å²) in [6, 6.07) is 17.7. The van der Waals surface area contributed by atoms with Crippen LogP contribution in [0.2, 0.25) is 18.1 Å². The molecule has 0 heterocycles. The number of carbonyl (C=O) groups excluding carboxylic acids is 1. The van der Waals surface area contributed by atoms with Gasteiger partial charge in [-0.3, -0.25) is 0 Å². The summed E-state index contributed by atoms with van der Waals surface area (Å²) in [6.07, 6.45) is 5.28. The number of ether oxygens (including phenoxy) is 1. The van der Waals surface area contributed by atoms with Crippen molar-refractivity contribution >= 4 is 25.7 Å². The molecule has 1 aliphatic rings. The number of carbonyl (C=O) groups is 1. The molecule has 4 nitrogen and oxygen atoms in total. The van der Waals surface area contributed by atoms with E-state index in [0.29, 0.717) is 6.10 Å². The Balaban J connectivity index is 1.51. The number of rotatable bonds is 6. The second-order valence-corrected chi connectivity index (χ2v) is 15.6. The Labute approximate surface area is 187 Å². The van der Waals surface area contributed by atoms with Gasteiger partial charge in [0, 0.05) is 0 Å². The fourth-order valence-corrected chi connectivity index (χ4v) is 5.14. The first-order chi connectivity index (χ1) is 14.6. The molecule has 0 aromatic heterocycles. The Morgan fingerprint density at radius 2 is 1.74 bits per heavy atom. The van der Waals surface area contributed by atoms with Crippen molar-refractivity contribution in [3.05, 3.63) is 71.8 Å². The van der Waals surface area contributed by atoms with Gasteiger partial charge in [-0.2, -0.15) is 0 Å². The number of allylic oxidation sites excluding steroid dienone is 1. The van der Waals surface area contributed by atoms with Crippen LogP contribution in [0.4, 0.5) is 10.5 Å². The Morgan fingerprint density at radius 3 is 2.32 bits per heavy atom. The second kappa shape index (κ2) is 9.84. The molecule has 2 aromatic carbocycles. The maximum atomic E-state index is 12.0. The number of anilines is 1. The fraction of sp³-hybridized carbons (Fsp3) is 0.423. The summed E-state index contributed by atoms with van der Waals surface area (Å²) in [5.74, 6) is 0. The van der Waals surface area contributed by atoms with Crippen LogP contribution < -0.4 is 5.32 Å². The van der Waals surface area contributed by atoms with Crippen molar-refractivity contribution in [3.63, 3.8) is 0 Å². The first-order valence-electron chi connectivity index (χ1n) is 11.3. The number of hydrogen-bond donors (Lipinski definition) is 1. The van der Waals surface area contributed by atoms with Gasteiger partial charge in [-0.15, -0.1) is 0 Å². The van der Waals surface area contributed by atoms with Gasteiger partial charge in [0.1, 0.15) is 6.61 Å². The van der Waals surface area contributed by atoms with Crippen LogP contribution in [0, 0.1) is 0 Å². The van der Waals surface area contributed by atoms with E-state index in [1.165, 1.54) is 11.1 Å². The van der Waals surface area contributed by atoms with E-state index in [2.05, 4.69) is 57.4 Å². The predicted octanol–water partition coefficient (Wildman–Crippen LogP) is 7.13. The van der Waals surface area contributed by atoms with Crippen molar-refractivity contribution in [1.29, 1.82) is 0 Å². The Morgan fingerprint density at radius 1 is 1.06 bits per heavy atom. The van der Waals surface area contributed by atoms with E-state index in [1.54, 1.807) is 0 Å². The summed E-state index contributed by atoms with van der Waals surface area (Å²) in [5.41, 5.74) is 4.26. The molecule has 2 aromatic rings. The average Bonchev–Trinajstić information content (AvgIpc) is 2.73. The van der Waals surface area contributed by atoms with E-state index < -0.39 is 14.4 Å². The van der Waals surface area contributed by atoms with Crippen LogP contribution in [0.1, 0.15) is 51.2 Å². The molecule has 0 saturated carbocycles. The molecule has 1 unspecified atom stereocenters. The number of hydrogen-bond acceptors (Lipinski definition) is 3. The van der Waals surface area contributed by atoms with E-state index >= 15 is 0 Å². The van der Waals surface area contributed by atoms with Crippen LogP contribution in [0.25, 0.3) is 5.57 Å². The van der Waals surface area contributed by atoms with Gasteiger partial charge in [0.2, 0.25) is 0 Å². The monoisotopic (exact) mass is 438 g/mol. The molecule has 1 N–H and O–H groups in total. The van der Waals surface area contributed by atoms with Crippen LogP contribution >= 0.6 is 0 Å². The molecule has 0 saturated heterocycles. The molecular formula is C26H36NO3Si-. The zero-order valence-electron chi connectivity index (χ0n) is 19.5. The van der Waals surface area contributed by atoms with E-state index in [-0.39, 0.29) is 11.6 Å². The van der Waals surface area contributed by atoms with Gasteiger partial charge in [0.05, 0.1) is 0 Å². The molecule has 0 fully saturated rings. The van der Waals surface area contributed by atoms with Crippen LogP contribution in [0.3, 0.4) is 0 Å². The maximum absolute atomic E-state index is 12.0. The number of amides is 1. The second-order valence-electron chi connectivity index (χ2n) is 10.1. The zero-order chi connectivity index (χ0) is 22.5. The third-order valence-electron chi connectivity index (χ3n) is 6.70. The quantitative estimate of drug-likeness (QED) is 0.488. The van der Waals surface area contributed by atoms with Crippen LogP contribution in [0.5, 0.6) is 0 Å². The average molecular weight is 439 g/mol. The minimum absolute atomic E-state index is 0.260. The minimum atomic E-state index is -2.04. The van der Waals surface area contributed by atoms with Gasteiger partial charge in [0.25, 0.3) is 0 Å². The molecule has 0 aliphatic heterocycles. The van der Waals surface area contributed by atoms with Crippen molar-refractivity contribution in [2.45, 2.75) is 70.9 Å². The van der Waals surface area contributed by atoms with E-state index in [9.17, 15) is 4.79 Å². The summed E-state index contributed by atoms with van der Waals surface area (Å²) < 4.78 is 11.9. The van der Waals surface area contributed by atoms with Gasteiger partial charge in [-0.25, -0.2) is 0 Å². The molecule has 0 bridgehead atoms. The fourth-order valence-electron chi connectivity index (χ4n) is 3.53.